The van der Waals surface area contributed by atoms with Crippen molar-refractivity contribution in [1.29, 1.82) is 0 Å². The third kappa shape index (κ3) is 1.83. The molecule has 1 aliphatic heterocycles. The Morgan fingerprint density at radius 1 is 1.50 bits per heavy atom. The van der Waals surface area contributed by atoms with Gasteiger partial charge in [-0.1, -0.05) is 0 Å². The van der Waals surface area contributed by atoms with Gasteiger partial charge in [0.05, 0.1) is 18.4 Å². The van der Waals surface area contributed by atoms with Crippen molar-refractivity contribution >= 4 is 11.3 Å². The van der Waals surface area contributed by atoms with Crippen molar-refractivity contribution in [2.75, 3.05) is 19.5 Å². The van der Waals surface area contributed by atoms with Gasteiger partial charge in [-0.3, -0.25) is 0 Å². The van der Waals surface area contributed by atoms with Crippen LogP contribution in [0.1, 0.15) is 24.6 Å². The zero-order valence-corrected chi connectivity index (χ0v) is 10.2. The minimum Gasteiger partial charge on any atom is -0.382 e. The first kappa shape index (κ1) is 11.4. The zero-order valence-electron chi connectivity index (χ0n) is 10.2. The lowest BCUT2D eigenvalue weighted by Crippen LogP contribution is -2.14. The second-order valence-electron chi connectivity index (χ2n) is 4.48. The van der Waals surface area contributed by atoms with E-state index in [9.17, 15) is 0 Å². The van der Waals surface area contributed by atoms with Gasteiger partial charge in [-0.15, -0.1) is 0 Å². The Hall–Kier alpha value is -1.66. The van der Waals surface area contributed by atoms with Crippen LogP contribution in [0.5, 0.6) is 0 Å². The number of nitrogens with zero attached hydrogens (tertiary/aromatic N) is 3. The van der Waals surface area contributed by atoms with Gasteiger partial charge >= 0.3 is 0 Å². The standard InChI is InChI=1S/C12H16N4O2/c1-17-6-8-2-5-11(18-8)9-3-4-10-12(13)14-7-15-16(9)10/h3-4,7-8,11H,2,5-6H2,1H3,(H2,13,14,15). The number of hydrogen-bond acceptors (Lipinski definition) is 5. The Morgan fingerprint density at radius 3 is 3.22 bits per heavy atom. The molecular weight excluding hydrogens is 232 g/mol. The van der Waals surface area contributed by atoms with E-state index in [0.717, 1.165) is 24.1 Å². The number of nitrogens with two attached hydrogens (primary N) is 1. The van der Waals surface area contributed by atoms with Crippen molar-refractivity contribution in [2.24, 2.45) is 0 Å². The molecule has 18 heavy (non-hydrogen) atoms. The predicted molar refractivity (Wildman–Crippen MR) is 66.1 cm³/mol. The van der Waals surface area contributed by atoms with Gasteiger partial charge in [0.15, 0.2) is 5.82 Å². The molecule has 6 heteroatoms. The molecule has 0 amide bonds. The summed E-state index contributed by atoms with van der Waals surface area (Å²) in [6.07, 6.45) is 3.68. The van der Waals surface area contributed by atoms with Crippen LogP contribution in [0.15, 0.2) is 18.5 Å². The largest absolute Gasteiger partial charge is 0.382 e. The molecule has 0 radical (unpaired) electrons. The Bertz CT molecular complexity index is 554. The molecular formula is C12H16N4O2. The number of ether oxygens (including phenoxy) is 2. The van der Waals surface area contributed by atoms with Crippen molar-refractivity contribution in [2.45, 2.75) is 25.0 Å². The molecule has 3 heterocycles. The Balaban J connectivity index is 1.89. The van der Waals surface area contributed by atoms with Crippen LogP contribution >= 0.6 is 0 Å². The molecule has 96 valence electrons. The van der Waals surface area contributed by atoms with Crippen molar-refractivity contribution in [3.8, 4) is 0 Å². The molecule has 0 saturated carbocycles. The van der Waals surface area contributed by atoms with Crippen LogP contribution in [0.25, 0.3) is 5.52 Å². The quantitative estimate of drug-likeness (QED) is 0.882. The van der Waals surface area contributed by atoms with Crippen LogP contribution in [0, 0.1) is 0 Å². The third-order valence-electron chi connectivity index (χ3n) is 3.30. The molecule has 0 aliphatic carbocycles. The SMILES string of the molecule is COCC1CCC(c2ccc3c(N)ncnn23)O1. The smallest absolute Gasteiger partial charge is 0.151 e. The summed E-state index contributed by atoms with van der Waals surface area (Å²) in [6, 6.07) is 3.93. The number of hydrogen-bond donors (Lipinski definition) is 1. The summed E-state index contributed by atoms with van der Waals surface area (Å²) in [5.41, 5.74) is 7.66. The maximum absolute atomic E-state index is 5.95. The maximum Gasteiger partial charge on any atom is 0.151 e. The van der Waals surface area contributed by atoms with Crippen LogP contribution in [0.2, 0.25) is 0 Å². The van der Waals surface area contributed by atoms with E-state index in [2.05, 4.69) is 10.1 Å². The van der Waals surface area contributed by atoms with E-state index in [-0.39, 0.29) is 12.2 Å². The number of nitrogen functional groups attached to an aromatic ring is 1. The van der Waals surface area contributed by atoms with Gasteiger partial charge < -0.3 is 15.2 Å². The summed E-state index contributed by atoms with van der Waals surface area (Å²) < 4.78 is 12.9. The minimum absolute atomic E-state index is 0.0574. The van der Waals surface area contributed by atoms with Gasteiger partial charge in [0.25, 0.3) is 0 Å². The fourth-order valence-corrected chi connectivity index (χ4v) is 2.45. The fourth-order valence-electron chi connectivity index (χ4n) is 2.45. The molecule has 2 unspecified atom stereocenters. The molecule has 6 nitrogen and oxygen atoms in total. The van der Waals surface area contributed by atoms with E-state index in [1.165, 1.54) is 6.33 Å². The molecule has 3 rings (SSSR count). The van der Waals surface area contributed by atoms with Crippen molar-refractivity contribution in [1.82, 2.24) is 14.6 Å². The van der Waals surface area contributed by atoms with Crippen LogP contribution < -0.4 is 5.73 Å². The number of fused-ring (bicyclic) bond motifs is 1. The van der Waals surface area contributed by atoms with Crippen molar-refractivity contribution < 1.29 is 9.47 Å². The van der Waals surface area contributed by atoms with E-state index in [1.807, 2.05) is 16.6 Å². The first-order valence-electron chi connectivity index (χ1n) is 6.02. The Morgan fingerprint density at radius 2 is 2.39 bits per heavy atom. The second-order valence-corrected chi connectivity index (χ2v) is 4.48. The van der Waals surface area contributed by atoms with Gasteiger partial charge in [-0.2, -0.15) is 5.10 Å². The number of rotatable bonds is 3. The highest BCUT2D eigenvalue weighted by Gasteiger charge is 2.28. The summed E-state index contributed by atoms with van der Waals surface area (Å²) in [6.45, 7) is 0.636. The van der Waals surface area contributed by atoms with E-state index in [0.29, 0.717) is 12.4 Å². The molecule has 0 bridgehead atoms. The normalized spacial score (nSPS) is 23.8. The average molecular weight is 248 g/mol. The molecule has 2 aromatic heterocycles. The summed E-state index contributed by atoms with van der Waals surface area (Å²) in [7, 11) is 1.69. The van der Waals surface area contributed by atoms with Gasteiger partial charge in [0, 0.05) is 7.11 Å². The topological polar surface area (TPSA) is 74.7 Å². The highest BCUT2D eigenvalue weighted by molar-refractivity contribution is 5.65. The monoisotopic (exact) mass is 248 g/mol. The minimum atomic E-state index is 0.0574. The highest BCUT2D eigenvalue weighted by Crippen LogP contribution is 2.33. The second kappa shape index (κ2) is 4.55. The molecule has 2 aromatic rings. The van der Waals surface area contributed by atoms with Crippen LogP contribution in [0.4, 0.5) is 5.82 Å². The van der Waals surface area contributed by atoms with Crippen LogP contribution in [-0.4, -0.2) is 34.4 Å². The third-order valence-corrected chi connectivity index (χ3v) is 3.30. The van der Waals surface area contributed by atoms with Gasteiger partial charge in [0.2, 0.25) is 0 Å². The van der Waals surface area contributed by atoms with Crippen molar-refractivity contribution in [3.63, 3.8) is 0 Å². The highest BCUT2D eigenvalue weighted by atomic mass is 16.5. The van der Waals surface area contributed by atoms with E-state index in [4.69, 9.17) is 15.2 Å². The summed E-state index contributed by atoms with van der Waals surface area (Å²) in [5.74, 6) is 0.489. The van der Waals surface area contributed by atoms with Crippen LogP contribution in [-0.2, 0) is 9.47 Å². The number of anilines is 1. The summed E-state index contributed by atoms with van der Waals surface area (Å²) in [5, 5.41) is 4.23. The molecule has 2 atom stereocenters. The first-order chi connectivity index (χ1) is 8.79. The molecule has 1 aliphatic rings. The Labute approximate surface area is 105 Å². The van der Waals surface area contributed by atoms with Crippen molar-refractivity contribution in [3.05, 3.63) is 24.2 Å². The number of methoxy groups -OCH3 is 1. The Kier molecular flexibility index (Phi) is 2.89. The molecule has 2 N–H and O–H groups in total. The maximum atomic E-state index is 5.95. The van der Waals surface area contributed by atoms with E-state index >= 15 is 0 Å². The predicted octanol–water partition coefficient (Wildman–Crippen LogP) is 1.18. The zero-order chi connectivity index (χ0) is 12.5. The van der Waals surface area contributed by atoms with Gasteiger partial charge in [0.1, 0.15) is 17.9 Å². The number of aromatic nitrogens is 3. The first-order valence-corrected chi connectivity index (χ1v) is 6.02. The molecule has 1 fully saturated rings. The van der Waals surface area contributed by atoms with E-state index < -0.39 is 0 Å². The fraction of sp³-hybridized carbons (Fsp3) is 0.500. The molecule has 0 spiro atoms. The average Bonchev–Trinajstić information content (AvgIpc) is 2.96. The van der Waals surface area contributed by atoms with Gasteiger partial charge in [-0.25, -0.2) is 9.50 Å². The van der Waals surface area contributed by atoms with Gasteiger partial charge in [-0.05, 0) is 25.0 Å². The lowest BCUT2D eigenvalue weighted by molar-refractivity contribution is -0.00426. The summed E-state index contributed by atoms with van der Waals surface area (Å²) >= 11 is 0. The lowest BCUT2D eigenvalue weighted by atomic mass is 10.1. The summed E-state index contributed by atoms with van der Waals surface area (Å²) in [4.78, 5) is 3.98. The van der Waals surface area contributed by atoms with Crippen LogP contribution in [0.3, 0.4) is 0 Å². The molecule has 0 aromatic carbocycles. The lowest BCUT2D eigenvalue weighted by Gasteiger charge is -2.12. The molecule has 1 saturated heterocycles. The van der Waals surface area contributed by atoms with E-state index in [1.54, 1.807) is 7.11 Å².